The van der Waals surface area contributed by atoms with Crippen LogP contribution in [-0.2, 0) is 0 Å². The standard InChI is InChI=1S/C26H32N4O2S/c1-3-5-11-17-31-22-16-10-8-14-20(22)24-27-21-15-9-7-13-19(21)23-25(32-24)28-26(30-29-23)33-18-12-6-4-2/h7-10,13-16,24,27H,3-6,11-12,17-18H2,1-2H3. The van der Waals surface area contributed by atoms with Crippen LogP contribution in [0.5, 0.6) is 11.6 Å². The lowest BCUT2D eigenvalue weighted by atomic mass is 10.1. The predicted molar refractivity (Wildman–Crippen MR) is 134 cm³/mol. The minimum absolute atomic E-state index is 0.454. The fourth-order valence-corrected chi connectivity index (χ4v) is 4.50. The third-order valence-electron chi connectivity index (χ3n) is 5.52. The second kappa shape index (κ2) is 11.9. The van der Waals surface area contributed by atoms with Gasteiger partial charge in [-0.1, -0.05) is 81.6 Å². The molecule has 1 unspecified atom stereocenters. The fourth-order valence-electron chi connectivity index (χ4n) is 3.73. The molecular formula is C26H32N4O2S. The summed E-state index contributed by atoms with van der Waals surface area (Å²) in [6.45, 7) is 5.08. The van der Waals surface area contributed by atoms with E-state index in [2.05, 4.69) is 29.4 Å². The van der Waals surface area contributed by atoms with Crippen molar-refractivity contribution >= 4 is 17.4 Å². The Hall–Kier alpha value is -2.80. The highest BCUT2D eigenvalue weighted by molar-refractivity contribution is 7.99. The Labute approximate surface area is 200 Å². The Kier molecular flexibility index (Phi) is 8.41. The zero-order chi connectivity index (χ0) is 22.9. The van der Waals surface area contributed by atoms with Gasteiger partial charge in [-0.3, -0.25) is 0 Å². The summed E-state index contributed by atoms with van der Waals surface area (Å²) < 4.78 is 12.6. The number of hydrogen-bond donors (Lipinski definition) is 1. The van der Waals surface area contributed by atoms with Crippen molar-refractivity contribution in [2.75, 3.05) is 17.7 Å². The van der Waals surface area contributed by atoms with Crippen LogP contribution in [0.4, 0.5) is 5.69 Å². The molecule has 1 N–H and O–H groups in total. The van der Waals surface area contributed by atoms with Crippen LogP contribution in [0.15, 0.2) is 53.7 Å². The number of thioether (sulfide) groups is 1. The number of hydrogen-bond acceptors (Lipinski definition) is 7. The number of aromatic nitrogens is 3. The second-order valence-electron chi connectivity index (χ2n) is 8.08. The molecule has 0 spiro atoms. The van der Waals surface area contributed by atoms with Crippen LogP contribution in [0.3, 0.4) is 0 Å². The highest BCUT2D eigenvalue weighted by Crippen LogP contribution is 2.41. The zero-order valence-electron chi connectivity index (χ0n) is 19.4. The minimum Gasteiger partial charge on any atom is -0.493 e. The first kappa shape index (κ1) is 23.4. The van der Waals surface area contributed by atoms with Crippen LogP contribution in [0.25, 0.3) is 11.3 Å². The lowest BCUT2D eigenvalue weighted by Gasteiger charge is -2.22. The van der Waals surface area contributed by atoms with Gasteiger partial charge in [0.2, 0.25) is 17.3 Å². The first-order valence-corrected chi connectivity index (χ1v) is 12.9. The Balaban J connectivity index is 1.63. The molecular weight excluding hydrogens is 432 g/mol. The Morgan fingerprint density at radius 2 is 1.73 bits per heavy atom. The number of nitrogens with zero attached hydrogens (tertiary/aromatic N) is 3. The summed E-state index contributed by atoms with van der Waals surface area (Å²) in [5.74, 6) is 2.29. The second-order valence-corrected chi connectivity index (χ2v) is 9.15. The summed E-state index contributed by atoms with van der Waals surface area (Å²) in [6.07, 6.45) is 6.43. The monoisotopic (exact) mass is 464 g/mol. The van der Waals surface area contributed by atoms with E-state index in [1.165, 1.54) is 12.8 Å². The van der Waals surface area contributed by atoms with Gasteiger partial charge >= 0.3 is 0 Å². The van der Waals surface area contributed by atoms with Crippen molar-refractivity contribution in [2.45, 2.75) is 63.8 Å². The lowest BCUT2D eigenvalue weighted by Crippen LogP contribution is -2.18. The third-order valence-corrected chi connectivity index (χ3v) is 6.44. The normalized spacial score (nSPS) is 14.4. The van der Waals surface area contributed by atoms with E-state index < -0.39 is 6.23 Å². The van der Waals surface area contributed by atoms with E-state index in [1.807, 2.05) is 48.5 Å². The summed E-state index contributed by atoms with van der Waals surface area (Å²) >= 11 is 1.63. The van der Waals surface area contributed by atoms with Crippen molar-refractivity contribution in [1.29, 1.82) is 0 Å². The summed E-state index contributed by atoms with van der Waals surface area (Å²) in [5, 5.41) is 13.1. The number of para-hydroxylation sites is 2. The molecule has 0 radical (unpaired) electrons. The molecule has 0 saturated heterocycles. The maximum Gasteiger partial charge on any atom is 0.247 e. The van der Waals surface area contributed by atoms with Gasteiger partial charge < -0.3 is 14.8 Å². The largest absolute Gasteiger partial charge is 0.493 e. The van der Waals surface area contributed by atoms with Crippen molar-refractivity contribution in [3.05, 3.63) is 54.1 Å². The first-order chi connectivity index (χ1) is 16.3. The van der Waals surface area contributed by atoms with Crippen molar-refractivity contribution in [2.24, 2.45) is 0 Å². The number of fused-ring (bicyclic) bond motifs is 3. The van der Waals surface area contributed by atoms with E-state index in [0.717, 1.165) is 54.0 Å². The molecule has 0 fully saturated rings. The van der Waals surface area contributed by atoms with Gasteiger partial charge in [-0.2, -0.15) is 4.98 Å². The SMILES string of the molecule is CCCCCOc1ccccc1C1Nc2ccccc2-c2nnc(SCCCCC)nc2O1. The molecule has 1 aromatic heterocycles. The Bertz CT molecular complexity index is 1050. The molecule has 1 atom stereocenters. The number of benzene rings is 2. The first-order valence-electron chi connectivity index (χ1n) is 11.9. The van der Waals surface area contributed by atoms with Gasteiger partial charge in [-0.25, -0.2) is 0 Å². The number of unbranched alkanes of at least 4 members (excludes halogenated alkanes) is 4. The van der Waals surface area contributed by atoms with Crippen LogP contribution in [0.1, 0.15) is 64.2 Å². The van der Waals surface area contributed by atoms with Gasteiger partial charge in [-0.15, -0.1) is 10.2 Å². The van der Waals surface area contributed by atoms with Gasteiger partial charge in [0.1, 0.15) is 5.75 Å². The van der Waals surface area contributed by atoms with E-state index >= 15 is 0 Å². The van der Waals surface area contributed by atoms with E-state index in [0.29, 0.717) is 23.3 Å². The average molecular weight is 465 g/mol. The quantitative estimate of drug-likeness (QED) is 0.245. The molecule has 0 amide bonds. The average Bonchev–Trinajstić information content (AvgIpc) is 3.01. The number of ether oxygens (including phenoxy) is 2. The minimum atomic E-state index is -0.454. The van der Waals surface area contributed by atoms with Gasteiger partial charge in [0.05, 0.1) is 12.2 Å². The zero-order valence-corrected chi connectivity index (χ0v) is 20.2. The molecule has 2 heterocycles. The van der Waals surface area contributed by atoms with Crippen LogP contribution in [0.2, 0.25) is 0 Å². The van der Waals surface area contributed by atoms with Gasteiger partial charge in [-0.05, 0) is 31.0 Å². The summed E-state index contributed by atoms with van der Waals surface area (Å²) in [7, 11) is 0. The molecule has 6 nitrogen and oxygen atoms in total. The highest BCUT2D eigenvalue weighted by Gasteiger charge is 2.27. The summed E-state index contributed by atoms with van der Waals surface area (Å²) in [5.41, 5.74) is 3.45. The van der Waals surface area contributed by atoms with Gasteiger partial charge in [0, 0.05) is 17.0 Å². The lowest BCUT2D eigenvalue weighted by molar-refractivity contribution is 0.215. The van der Waals surface area contributed by atoms with E-state index in [9.17, 15) is 0 Å². The number of nitrogens with one attached hydrogen (secondary N) is 1. The number of rotatable bonds is 11. The molecule has 1 aliphatic heterocycles. The fraction of sp³-hybridized carbons (Fsp3) is 0.423. The molecule has 0 saturated carbocycles. The molecule has 3 aromatic rings. The van der Waals surface area contributed by atoms with Gasteiger partial charge in [0.25, 0.3) is 0 Å². The van der Waals surface area contributed by atoms with E-state index in [-0.39, 0.29) is 0 Å². The molecule has 7 heteroatoms. The molecule has 2 aromatic carbocycles. The van der Waals surface area contributed by atoms with Crippen molar-refractivity contribution in [1.82, 2.24) is 15.2 Å². The topological polar surface area (TPSA) is 69.2 Å². The highest BCUT2D eigenvalue weighted by atomic mass is 32.2. The van der Waals surface area contributed by atoms with E-state index in [1.54, 1.807) is 11.8 Å². The van der Waals surface area contributed by atoms with Crippen molar-refractivity contribution < 1.29 is 9.47 Å². The summed E-state index contributed by atoms with van der Waals surface area (Å²) in [4.78, 5) is 4.75. The maximum absolute atomic E-state index is 6.44. The Morgan fingerprint density at radius 3 is 2.61 bits per heavy atom. The van der Waals surface area contributed by atoms with Crippen LogP contribution in [0, 0.1) is 0 Å². The molecule has 1 aliphatic rings. The molecule has 174 valence electrons. The number of anilines is 1. The molecule has 0 bridgehead atoms. The summed E-state index contributed by atoms with van der Waals surface area (Å²) in [6, 6.07) is 16.1. The third kappa shape index (κ3) is 5.96. The predicted octanol–water partition coefficient (Wildman–Crippen LogP) is 6.89. The smallest absolute Gasteiger partial charge is 0.247 e. The van der Waals surface area contributed by atoms with Crippen LogP contribution in [-0.4, -0.2) is 27.5 Å². The van der Waals surface area contributed by atoms with Crippen molar-refractivity contribution in [3.63, 3.8) is 0 Å². The van der Waals surface area contributed by atoms with Crippen LogP contribution < -0.4 is 14.8 Å². The van der Waals surface area contributed by atoms with Crippen molar-refractivity contribution in [3.8, 4) is 22.9 Å². The van der Waals surface area contributed by atoms with Crippen LogP contribution >= 0.6 is 11.8 Å². The molecule has 0 aliphatic carbocycles. The maximum atomic E-state index is 6.44. The molecule has 33 heavy (non-hydrogen) atoms. The van der Waals surface area contributed by atoms with E-state index in [4.69, 9.17) is 14.5 Å². The molecule has 4 rings (SSSR count). The Morgan fingerprint density at radius 1 is 0.939 bits per heavy atom. The van der Waals surface area contributed by atoms with Gasteiger partial charge in [0.15, 0.2) is 5.69 Å².